The Morgan fingerprint density at radius 1 is 1.40 bits per heavy atom. The van der Waals surface area contributed by atoms with Gasteiger partial charge in [0.15, 0.2) is 11.5 Å². The Morgan fingerprint density at radius 2 is 2.07 bits per heavy atom. The van der Waals surface area contributed by atoms with Gasteiger partial charge in [-0.05, 0) is 24.1 Å². The van der Waals surface area contributed by atoms with E-state index in [0.29, 0.717) is 6.42 Å². The summed E-state index contributed by atoms with van der Waals surface area (Å²) < 4.78 is -0.627. The van der Waals surface area contributed by atoms with Gasteiger partial charge in [-0.25, -0.2) is 0 Å². The number of aromatic hydroxyl groups is 2. The van der Waals surface area contributed by atoms with Crippen molar-refractivity contribution in [2.45, 2.75) is 23.2 Å². The monoisotopic (exact) mass is 317 g/mol. The first kappa shape index (κ1) is 12.1. The standard InChI is InChI=1S/C11H12INO2/c1-2-5-11(12,7-13)8-3-4-9(14)10(15)6-8/h3-4,6,14-15H,2,5H2,1H3. The Morgan fingerprint density at radius 3 is 2.53 bits per heavy atom. The highest BCUT2D eigenvalue weighted by atomic mass is 127. The Hall–Kier alpha value is -0.960. The smallest absolute Gasteiger partial charge is 0.157 e. The summed E-state index contributed by atoms with van der Waals surface area (Å²) in [5, 5.41) is 27.7. The topological polar surface area (TPSA) is 64.2 Å². The van der Waals surface area contributed by atoms with Crippen molar-refractivity contribution in [1.82, 2.24) is 0 Å². The molecule has 1 atom stereocenters. The Labute approximate surface area is 102 Å². The molecule has 0 aromatic heterocycles. The van der Waals surface area contributed by atoms with Gasteiger partial charge in [-0.15, -0.1) is 0 Å². The van der Waals surface area contributed by atoms with Crippen LogP contribution < -0.4 is 0 Å². The van der Waals surface area contributed by atoms with E-state index in [9.17, 15) is 10.2 Å². The number of nitriles is 1. The number of halogens is 1. The van der Waals surface area contributed by atoms with E-state index in [1.807, 2.05) is 6.92 Å². The molecule has 0 heterocycles. The van der Waals surface area contributed by atoms with Crippen molar-refractivity contribution >= 4 is 22.6 Å². The van der Waals surface area contributed by atoms with Gasteiger partial charge in [0.05, 0.1) is 6.07 Å². The second-order valence-corrected chi connectivity index (χ2v) is 5.21. The fourth-order valence-corrected chi connectivity index (χ4v) is 2.25. The summed E-state index contributed by atoms with van der Waals surface area (Å²) in [5.74, 6) is -0.341. The lowest BCUT2D eigenvalue weighted by Crippen LogP contribution is -2.14. The lowest BCUT2D eigenvalue weighted by Gasteiger charge is -2.19. The maximum Gasteiger partial charge on any atom is 0.157 e. The molecule has 0 aliphatic heterocycles. The third-order valence-corrected chi connectivity index (χ3v) is 3.61. The maximum atomic E-state index is 9.36. The Bertz CT molecular complexity index is 400. The van der Waals surface area contributed by atoms with E-state index in [-0.39, 0.29) is 11.5 Å². The number of hydrogen-bond acceptors (Lipinski definition) is 3. The van der Waals surface area contributed by atoms with Crippen LogP contribution in [-0.4, -0.2) is 10.2 Å². The third-order valence-electron chi connectivity index (χ3n) is 2.20. The third kappa shape index (κ3) is 2.53. The van der Waals surface area contributed by atoms with Crippen LogP contribution in [0.25, 0.3) is 0 Å². The van der Waals surface area contributed by atoms with Crippen LogP contribution >= 0.6 is 22.6 Å². The van der Waals surface area contributed by atoms with Crippen LogP contribution in [0.4, 0.5) is 0 Å². The van der Waals surface area contributed by atoms with E-state index >= 15 is 0 Å². The molecule has 4 heteroatoms. The summed E-state index contributed by atoms with van der Waals surface area (Å²) in [7, 11) is 0. The van der Waals surface area contributed by atoms with Gasteiger partial charge in [0.2, 0.25) is 0 Å². The summed E-state index contributed by atoms with van der Waals surface area (Å²) in [4.78, 5) is 0. The van der Waals surface area contributed by atoms with Gasteiger partial charge in [0, 0.05) is 0 Å². The summed E-state index contributed by atoms with van der Waals surface area (Å²) in [6.07, 6.45) is 1.60. The first-order chi connectivity index (χ1) is 7.03. The van der Waals surface area contributed by atoms with Crippen LogP contribution in [0.15, 0.2) is 18.2 Å². The molecule has 0 saturated heterocycles. The number of phenols is 2. The molecule has 80 valence electrons. The minimum absolute atomic E-state index is 0.160. The van der Waals surface area contributed by atoms with Crippen LogP contribution in [-0.2, 0) is 3.42 Å². The van der Waals surface area contributed by atoms with E-state index in [1.165, 1.54) is 12.1 Å². The van der Waals surface area contributed by atoms with Crippen molar-refractivity contribution in [1.29, 1.82) is 5.26 Å². The molecule has 1 aromatic rings. The van der Waals surface area contributed by atoms with E-state index in [2.05, 4.69) is 28.7 Å². The zero-order valence-electron chi connectivity index (χ0n) is 8.37. The molecule has 1 unspecified atom stereocenters. The first-order valence-corrected chi connectivity index (χ1v) is 5.74. The van der Waals surface area contributed by atoms with Crippen molar-refractivity contribution < 1.29 is 10.2 Å². The highest BCUT2D eigenvalue weighted by molar-refractivity contribution is 14.1. The molecule has 0 spiro atoms. The summed E-state index contributed by atoms with van der Waals surface area (Å²) >= 11 is 2.08. The van der Waals surface area contributed by atoms with Crippen molar-refractivity contribution in [3.05, 3.63) is 23.8 Å². The SMILES string of the molecule is CCCC(I)(C#N)c1ccc(O)c(O)c1. The van der Waals surface area contributed by atoms with Crippen molar-refractivity contribution in [2.75, 3.05) is 0 Å². The van der Waals surface area contributed by atoms with Crippen molar-refractivity contribution in [3.8, 4) is 17.6 Å². The van der Waals surface area contributed by atoms with Crippen LogP contribution in [0, 0.1) is 11.3 Å². The second kappa shape index (κ2) is 4.71. The second-order valence-electron chi connectivity index (χ2n) is 3.37. The van der Waals surface area contributed by atoms with Crippen LogP contribution in [0.2, 0.25) is 0 Å². The van der Waals surface area contributed by atoms with Gasteiger partial charge in [0.1, 0.15) is 3.42 Å². The van der Waals surface area contributed by atoms with Gasteiger partial charge in [-0.3, -0.25) is 0 Å². The average molecular weight is 317 g/mol. The molecule has 1 rings (SSSR count). The largest absolute Gasteiger partial charge is 0.504 e. The highest BCUT2D eigenvalue weighted by Gasteiger charge is 2.28. The molecule has 0 amide bonds. The van der Waals surface area contributed by atoms with E-state index < -0.39 is 3.42 Å². The molecule has 1 aromatic carbocycles. The lowest BCUT2D eigenvalue weighted by molar-refractivity contribution is 0.402. The maximum absolute atomic E-state index is 9.36. The fourth-order valence-electron chi connectivity index (χ4n) is 1.38. The predicted molar refractivity (Wildman–Crippen MR) is 66.0 cm³/mol. The van der Waals surface area contributed by atoms with Gasteiger partial charge >= 0.3 is 0 Å². The van der Waals surface area contributed by atoms with Crippen molar-refractivity contribution in [3.63, 3.8) is 0 Å². The van der Waals surface area contributed by atoms with Crippen molar-refractivity contribution in [2.24, 2.45) is 0 Å². The molecular weight excluding hydrogens is 305 g/mol. The van der Waals surface area contributed by atoms with Gasteiger partial charge < -0.3 is 10.2 Å². The molecule has 0 fully saturated rings. The molecule has 0 radical (unpaired) electrons. The first-order valence-electron chi connectivity index (χ1n) is 4.66. The Kier molecular flexibility index (Phi) is 3.80. The zero-order chi connectivity index (χ0) is 11.5. The van der Waals surface area contributed by atoms with Gasteiger partial charge in [-0.2, -0.15) is 5.26 Å². The van der Waals surface area contributed by atoms with E-state index in [0.717, 1.165) is 12.0 Å². The quantitative estimate of drug-likeness (QED) is 0.512. The van der Waals surface area contributed by atoms with Gasteiger partial charge in [-0.1, -0.05) is 42.0 Å². The number of phenolic OH excluding ortho intramolecular Hbond substituents is 2. The van der Waals surface area contributed by atoms with E-state index in [4.69, 9.17) is 5.26 Å². The molecule has 2 N–H and O–H groups in total. The Balaban J connectivity index is 3.14. The zero-order valence-corrected chi connectivity index (χ0v) is 10.5. The number of alkyl halides is 1. The molecule has 15 heavy (non-hydrogen) atoms. The molecule has 0 aliphatic carbocycles. The molecule has 0 saturated carbocycles. The van der Waals surface area contributed by atoms with E-state index in [1.54, 1.807) is 6.07 Å². The fraction of sp³-hybridized carbons (Fsp3) is 0.364. The molecular formula is C11H12INO2. The molecule has 0 bridgehead atoms. The number of rotatable bonds is 3. The normalized spacial score (nSPS) is 14.2. The summed E-state index contributed by atoms with van der Waals surface area (Å²) in [6.45, 7) is 2.00. The average Bonchev–Trinajstić information content (AvgIpc) is 2.22. The van der Waals surface area contributed by atoms with Crippen LogP contribution in [0.5, 0.6) is 11.5 Å². The summed E-state index contributed by atoms with van der Waals surface area (Å²) in [5.41, 5.74) is 0.725. The van der Waals surface area contributed by atoms with Gasteiger partial charge in [0.25, 0.3) is 0 Å². The van der Waals surface area contributed by atoms with Crippen LogP contribution in [0.3, 0.4) is 0 Å². The highest BCUT2D eigenvalue weighted by Crippen LogP contribution is 2.39. The minimum Gasteiger partial charge on any atom is -0.504 e. The predicted octanol–water partition coefficient (Wildman–Crippen LogP) is 3.05. The molecule has 3 nitrogen and oxygen atoms in total. The van der Waals surface area contributed by atoms with Crippen LogP contribution in [0.1, 0.15) is 25.3 Å². The number of hydrogen-bond donors (Lipinski definition) is 2. The lowest BCUT2D eigenvalue weighted by atomic mass is 9.95. The minimum atomic E-state index is -0.627. The number of nitrogens with zero attached hydrogens (tertiary/aromatic N) is 1. The molecule has 0 aliphatic rings. The summed E-state index contributed by atoms with van der Waals surface area (Å²) in [6, 6.07) is 6.76. The number of benzene rings is 1.